The molecule has 0 heterocycles. The number of carbonyl (C=O) groups excluding carboxylic acids is 2. The molecule has 7 nitrogen and oxygen atoms in total. The van der Waals surface area contributed by atoms with Crippen molar-refractivity contribution in [3.05, 3.63) is 23.8 Å². The monoisotopic (exact) mass is 293 g/mol. The van der Waals surface area contributed by atoms with Gasteiger partial charge in [-0.05, 0) is 18.2 Å². The second-order valence-electron chi connectivity index (χ2n) is 4.83. The normalized spacial score (nSPS) is 10.3. The van der Waals surface area contributed by atoms with Gasteiger partial charge in [0.05, 0.1) is 17.8 Å². The van der Waals surface area contributed by atoms with Crippen LogP contribution in [0.15, 0.2) is 18.2 Å². The fraction of sp³-hybridized carbons (Fsp3) is 0.357. The maximum absolute atomic E-state index is 11.7. The molecule has 0 saturated carbocycles. The van der Waals surface area contributed by atoms with E-state index < -0.39 is 5.97 Å². The van der Waals surface area contributed by atoms with Gasteiger partial charge in [0.25, 0.3) is 0 Å². The van der Waals surface area contributed by atoms with Gasteiger partial charge in [0.1, 0.15) is 0 Å². The number of carboxylic acids is 1. The summed E-state index contributed by atoms with van der Waals surface area (Å²) in [6, 6.07) is 4.42. The van der Waals surface area contributed by atoms with Gasteiger partial charge in [-0.15, -0.1) is 0 Å². The number of aromatic carboxylic acids is 1. The van der Waals surface area contributed by atoms with Gasteiger partial charge in [0.15, 0.2) is 0 Å². The topological polar surface area (TPSA) is 108 Å². The van der Waals surface area contributed by atoms with Crippen LogP contribution < -0.4 is 16.0 Å². The second-order valence-corrected chi connectivity index (χ2v) is 4.83. The fourth-order valence-corrected chi connectivity index (χ4v) is 1.60. The maximum Gasteiger partial charge on any atom is 0.337 e. The number of rotatable bonds is 6. The summed E-state index contributed by atoms with van der Waals surface area (Å²) in [5, 5.41) is 17.1. The first-order valence-electron chi connectivity index (χ1n) is 6.47. The second kappa shape index (κ2) is 7.39. The number of amides is 2. The molecule has 21 heavy (non-hydrogen) atoms. The van der Waals surface area contributed by atoms with Crippen LogP contribution in [0.4, 0.5) is 11.4 Å². The van der Waals surface area contributed by atoms with Crippen molar-refractivity contribution in [2.45, 2.75) is 26.8 Å². The van der Waals surface area contributed by atoms with E-state index in [9.17, 15) is 19.5 Å². The van der Waals surface area contributed by atoms with E-state index >= 15 is 0 Å². The van der Waals surface area contributed by atoms with E-state index in [0.29, 0.717) is 5.69 Å². The molecule has 0 unspecified atom stereocenters. The summed E-state index contributed by atoms with van der Waals surface area (Å²) in [6.45, 7) is 5.22. The van der Waals surface area contributed by atoms with Crippen LogP contribution in [0.25, 0.3) is 0 Å². The first kappa shape index (κ1) is 16.6. The molecule has 0 aliphatic heterocycles. The lowest BCUT2D eigenvalue weighted by Crippen LogP contribution is -2.33. The molecular weight excluding hydrogens is 274 g/mol. The number of carboxylic acid groups (broad SMARTS) is 1. The van der Waals surface area contributed by atoms with Crippen molar-refractivity contribution in [1.29, 1.82) is 0 Å². The Kier molecular flexibility index (Phi) is 5.86. The van der Waals surface area contributed by atoms with Crippen molar-refractivity contribution in [3.63, 3.8) is 0 Å². The van der Waals surface area contributed by atoms with Crippen LogP contribution in [0.2, 0.25) is 0 Å². The lowest BCUT2D eigenvalue weighted by molar-refractivity contribution is -0.115. The molecule has 0 atom stereocenters. The third-order valence-electron chi connectivity index (χ3n) is 2.52. The molecule has 1 rings (SSSR count). The molecule has 114 valence electrons. The van der Waals surface area contributed by atoms with E-state index in [2.05, 4.69) is 16.0 Å². The number of benzene rings is 1. The molecule has 0 saturated heterocycles. The molecule has 0 aromatic heterocycles. The zero-order valence-electron chi connectivity index (χ0n) is 12.2. The molecule has 0 bridgehead atoms. The molecule has 0 radical (unpaired) electrons. The predicted molar refractivity (Wildman–Crippen MR) is 79.5 cm³/mol. The third kappa shape index (κ3) is 5.62. The lowest BCUT2D eigenvalue weighted by atomic mass is 10.1. The van der Waals surface area contributed by atoms with Gasteiger partial charge in [0, 0.05) is 18.7 Å². The summed E-state index contributed by atoms with van der Waals surface area (Å²) >= 11 is 0. The van der Waals surface area contributed by atoms with Crippen LogP contribution in [-0.2, 0) is 9.59 Å². The van der Waals surface area contributed by atoms with Crippen molar-refractivity contribution in [2.75, 3.05) is 17.2 Å². The van der Waals surface area contributed by atoms with Crippen molar-refractivity contribution in [3.8, 4) is 0 Å². The number of nitrogens with one attached hydrogen (secondary N) is 3. The van der Waals surface area contributed by atoms with Gasteiger partial charge in [-0.1, -0.05) is 13.8 Å². The zero-order chi connectivity index (χ0) is 16.0. The first-order valence-corrected chi connectivity index (χ1v) is 6.47. The SMILES string of the molecule is CC(=O)Nc1ccc(NC(=O)CNC(C)C)c(C(=O)O)c1. The van der Waals surface area contributed by atoms with Crippen LogP contribution in [-0.4, -0.2) is 35.5 Å². The summed E-state index contributed by atoms with van der Waals surface area (Å²) in [7, 11) is 0. The van der Waals surface area contributed by atoms with Crippen molar-refractivity contribution in [1.82, 2.24) is 5.32 Å². The van der Waals surface area contributed by atoms with Crippen LogP contribution in [0.1, 0.15) is 31.1 Å². The van der Waals surface area contributed by atoms with Gasteiger partial charge in [-0.2, -0.15) is 0 Å². The Labute approximate surface area is 122 Å². The van der Waals surface area contributed by atoms with Crippen molar-refractivity contribution in [2.24, 2.45) is 0 Å². The minimum absolute atomic E-state index is 0.0841. The summed E-state index contributed by atoms with van der Waals surface area (Å²) in [5.74, 6) is -1.82. The molecule has 0 fully saturated rings. The summed E-state index contributed by atoms with van der Waals surface area (Å²) < 4.78 is 0. The molecule has 2 amide bonds. The molecule has 0 spiro atoms. The highest BCUT2D eigenvalue weighted by Gasteiger charge is 2.14. The van der Waals surface area contributed by atoms with E-state index in [1.54, 1.807) is 0 Å². The molecule has 4 N–H and O–H groups in total. The van der Waals surface area contributed by atoms with Crippen LogP contribution >= 0.6 is 0 Å². The standard InChI is InChI=1S/C14H19N3O4/c1-8(2)15-7-13(19)17-12-5-4-10(16-9(3)18)6-11(12)14(20)21/h4-6,8,15H,7H2,1-3H3,(H,16,18)(H,17,19)(H,20,21). The fourth-order valence-electron chi connectivity index (χ4n) is 1.60. The molecule has 1 aromatic rings. The van der Waals surface area contributed by atoms with Crippen molar-refractivity contribution < 1.29 is 19.5 Å². The quantitative estimate of drug-likeness (QED) is 0.632. The average molecular weight is 293 g/mol. The highest BCUT2D eigenvalue weighted by Crippen LogP contribution is 2.20. The van der Waals surface area contributed by atoms with Crippen LogP contribution in [0, 0.1) is 0 Å². The minimum atomic E-state index is -1.19. The highest BCUT2D eigenvalue weighted by atomic mass is 16.4. The van der Waals surface area contributed by atoms with E-state index in [0.717, 1.165) is 0 Å². The Balaban J connectivity index is 2.88. The van der Waals surface area contributed by atoms with E-state index in [-0.39, 0.29) is 35.7 Å². The summed E-state index contributed by atoms with van der Waals surface area (Å²) in [6.07, 6.45) is 0. The summed E-state index contributed by atoms with van der Waals surface area (Å²) in [5.41, 5.74) is 0.463. The van der Waals surface area contributed by atoms with Crippen LogP contribution in [0.5, 0.6) is 0 Å². The molecular formula is C14H19N3O4. The lowest BCUT2D eigenvalue weighted by Gasteiger charge is -2.12. The molecule has 0 aliphatic carbocycles. The number of hydrogen-bond acceptors (Lipinski definition) is 4. The van der Waals surface area contributed by atoms with E-state index in [1.165, 1.54) is 25.1 Å². The van der Waals surface area contributed by atoms with Gasteiger partial charge in [-0.3, -0.25) is 9.59 Å². The molecule has 7 heteroatoms. The van der Waals surface area contributed by atoms with Gasteiger partial charge in [-0.25, -0.2) is 4.79 Å². The Hall–Kier alpha value is -2.41. The third-order valence-corrected chi connectivity index (χ3v) is 2.52. The summed E-state index contributed by atoms with van der Waals surface area (Å²) in [4.78, 5) is 33.9. The van der Waals surface area contributed by atoms with Crippen molar-refractivity contribution >= 4 is 29.2 Å². The zero-order valence-corrected chi connectivity index (χ0v) is 12.2. The Morgan fingerprint density at radius 1 is 1.19 bits per heavy atom. The Morgan fingerprint density at radius 3 is 2.38 bits per heavy atom. The van der Waals surface area contributed by atoms with E-state index in [1.807, 2.05) is 13.8 Å². The molecule has 0 aliphatic rings. The average Bonchev–Trinajstić information content (AvgIpc) is 2.37. The largest absolute Gasteiger partial charge is 0.478 e. The predicted octanol–water partition coefficient (Wildman–Crippen LogP) is 1.28. The maximum atomic E-state index is 11.7. The minimum Gasteiger partial charge on any atom is -0.478 e. The smallest absolute Gasteiger partial charge is 0.337 e. The first-order chi connectivity index (χ1) is 9.79. The Bertz CT molecular complexity index is 555. The highest BCUT2D eigenvalue weighted by molar-refractivity contribution is 6.02. The van der Waals surface area contributed by atoms with E-state index in [4.69, 9.17) is 0 Å². The Morgan fingerprint density at radius 2 is 1.86 bits per heavy atom. The number of carbonyl (C=O) groups is 3. The van der Waals surface area contributed by atoms with Gasteiger partial charge >= 0.3 is 5.97 Å². The molecule has 1 aromatic carbocycles. The van der Waals surface area contributed by atoms with Crippen LogP contribution in [0.3, 0.4) is 0 Å². The number of hydrogen-bond donors (Lipinski definition) is 4. The van der Waals surface area contributed by atoms with Gasteiger partial charge < -0.3 is 21.1 Å². The van der Waals surface area contributed by atoms with Gasteiger partial charge in [0.2, 0.25) is 11.8 Å². The number of anilines is 2.